The second-order valence-electron chi connectivity index (χ2n) is 3.19. The molecule has 1 aromatic rings. The first-order valence-electron chi connectivity index (χ1n) is 4.34. The average Bonchev–Trinajstić information content (AvgIpc) is 2.62. The molecule has 0 N–H and O–H groups in total. The summed E-state index contributed by atoms with van der Waals surface area (Å²) in [7, 11) is 0. The summed E-state index contributed by atoms with van der Waals surface area (Å²) in [4.78, 5) is 10.7. The molecule has 72 valence electrons. The van der Waals surface area contributed by atoms with Crippen LogP contribution in [0.3, 0.4) is 0 Å². The fraction of sp³-hybridized carbons (Fsp3) is 0.182. The maximum atomic E-state index is 10.7. The fourth-order valence-corrected chi connectivity index (χ4v) is 1.23. The number of esters is 1. The molecular formula is C11H10O3. The van der Waals surface area contributed by atoms with Crippen molar-refractivity contribution in [3.05, 3.63) is 41.1 Å². The van der Waals surface area contributed by atoms with Gasteiger partial charge in [0, 0.05) is 12.2 Å². The lowest BCUT2D eigenvalue weighted by atomic mass is 10.3. The highest BCUT2D eigenvalue weighted by Crippen LogP contribution is 2.18. The van der Waals surface area contributed by atoms with Gasteiger partial charge in [0.05, 0.1) is 0 Å². The number of carbonyl (C=O) groups excluding carboxylic acids is 1. The minimum Gasteiger partial charge on any atom is -0.462 e. The van der Waals surface area contributed by atoms with E-state index in [9.17, 15) is 4.79 Å². The van der Waals surface area contributed by atoms with Crippen molar-refractivity contribution in [1.82, 2.24) is 0 Å². The molecule has 0 fully saturated rings. The van der Waals surface area contributed by atoms with Gasteiger partial charge < -0.3 is 9.15 Å². The van der Waals surface area contributed by atoms with Crippen LogP contribution in [0.25, 0.3) is 6.08 Å². The Hall–Kier alpha value is -1.77. The molecule has 2 rings (SSSR count). The van der Waals surface area contributed by atoms with Gasteiger partial charge in [0.2, 0.25) is 0 Å². The molecular weight excluding hydrogens is 180 g/mol. The molecule has 0 aliphatic carbocycles. The van der Waals surface area contributed by atoms with Crippen molar-refractivity contribution in [2.24, 2.45) is 0 Å². The zero-order valence-corrected chi connectivity index (χ0v) is 8.03. The summed E-state index contributed by atoms with van der Waals surface area (Å²) in [5, 5.41) is 0. The molecule has 2 heterocycles. The number of cyclic esters (lactones) is 1. The molecule has 0 aromatic carbocycles. The predicted octanol–water partition coefficient (Wildman–Crippen LogP) is 2.35. The van der Waals surface area contributed by atoms with E-state index in [2.05, 4.69) is 0 Å². The first kappa shape index (κ1) is 8.81. The molecule has 0 spiro atoms. The van der Waals surface area contributed by atoms with Crippen LogP contribution in [0.15, 0.2) is 28.4 Å². The summed E-state index contributed by atoms with van der Waals surface area (Å²) >= 11 is 0. The van der Waals surface area contributed by atoms with Crippen molar-refractivity contribution >= 4 is 12.0 Å². The molecule has 3 heteroatoms. The summed E-state index contributed by atoms with van der Waals surface area (Å²) in [6.07, 6.45) is 4.70. The van der Waals surface area contributed by atoms with Crippen molar-refractivity contribution in [3.8, 4) is 0 Å². The molecule has 0 saturated carbocycles. The van der Waals surface area contributed by atoms with Crippen LogP contribution < -0.4 is 0 Å². The van der Waals surface area contributed by atoms with E-state index in [-0.39, 0.29) is 5.97 Å². The second-order valence-corrected chi connectivity index (χ2v) is 3.19. The zero-order chi connectivity index (χ0) is 10.1. The Morgan fingerprint density at radius 1 is 1.29 bits per heavy atom. The van der Waals surface area contributed by atoms with Gasteiger partial charge in [0.1, 0.15) is 17.3 Å². The number of aryl methyl sites for hydroxylation is 2. The summed E-state index contributed by atoms with van der Waals surface area (Å²) < 4.78 is 10.3. The largest absolute Gasteiger partial charge is 0.462 e. The minimum atomic E-state index is -0.337. The third kappa shape index (κ3) is 1.62. The fourth-order valence-electron chi connectivity index (χ4n) is 1.23. The lowest BCUT2D eigenvalue weighted by molar-refractivity contribution is -0.132. The third-order valence-corrected chi connectivity index (χ3v) is 2.07. The van der Waals surface area contributed by atoms with E-state index in [4.69, 9.17) is 9.15 Å². The number of hydrogen-bond donors (Lipinski definition) is 0. The van der Waals surface area contributed by atoms with Crippen LogP contribution in [0.1, 0.15) is 17.1 Å². The number of furan rings is 1. The Balaban J connectivity index is 2.26. The highest BCUT2D eigenvalue weighted by molar-refractivity contribution is 5.87. The van der Waals surface area contributed by atoms with E-state index in [1.807, 2.05) is 19.9 Å². The molecule has 0 atom stereocenters. The summed E-state index contributed by atoms with van der Waals surface area (Å²) in [5.74, 6) is 1.76. The van der Waals surface area contributed by atoms with E-state index in [0.717, 1.165) is 11.3 Å². The number of carbonyl (C=O) groups is 1. The molecule has 14 heavy (non-hydrogen) atoms. The van der Waals surface area contributed by atoms with Crippen molar-refractivity contribution < 1.29 is 13.9 Å². The SMILES string of the molecule is Cc1cc(C=C2C=CC(=O)O2)oc1C. The quantitative estimate of drug-likeness (QED) is 0.638. The van der Waals surface area contributed by atoms with Gasteiger partial charge in [-0.2, -0.15) is 0 Å². The predicted molar refractivity (Wildman–Crippen MR) is 51.4 cm³/mol. The lowest BCUT2D eigenvalue weighted by Gasteiger charge is -1.92. The smallest absolute Gasteiger partial charge is 0.336 e. The van der Waals surface area contributed by atoms with Crippen LogP contribution in [0.2, 0.25) is 0 Å². The van der Waals surface area contributed by atoms with E-state index in [0.29, 0.717) is 11.5 Å². The maximum Gasteiger partial charge on any atom is 0.336 e. The molecule has 1 aliphatic heterocycles. The minimum absolute atomic E-state index is 0.337. The van der Waals surface area contributed by atoms with Crippen LogP contribution >= 0.6 is 0 Å². The Labute approximate surface area is 81.7 Å². The van der Waals surface area contributed by atoms with Crippen LogP contribution in [-0.4, -0.2) is 5.97 Å². The van der Waals surface area contributed by atoms with Gasteiger partial charge in [-0.25, -0.2) is 4.79 Å². The Morgan fingerprint density at radius 2 is 2.07 bits per heavy atom. The molecule has 0 amide bonds. The highest BCUT2D eigenvalue weighted by Gasteiger charge is 2.10. The van der Waals surface area contributed by atoms with Crippen LogP contribution in [0.5, 0.6) is 0 Å². The lowest BCUT2D eigenvalue weighted by Crippen LogP contribution is -1.89. The highest BCUT2D eigenvalue weighted by atomic mass is 16.5. The summed E-state index contributed by atoms with van der Waals surface area (Å²) in [5.41, 5.74) is 1.09. The molecule has 0 bridgehead atoms. The van der Waals surface area contributed by atoms with Crippen molar-refractivity contribution in [2.75, 3.05) is 0 Å². The number of rotatable bonds is 1. The topological polar surface area (TPSA) is 39.4 Å². The van der Waals surface area contributed by atoms with Crippen molar-refractivity contribution in [2.45, 2.75) is 13.8 Å². The Morgan fingerprint density at radius 3 is 2.57 bits per heavy atom. The second kappa shape index (κ2) is 3.18. The van der Waals surface area contributed by atoms with Crippen LogP contribution in [0.4, 0.5) is 0 Å². The molecule has 1 aromatic heterocycles. The van der Waals surface area contributed by atoms with Crippen molar-refractivity contribution in [1.29, 1.82) is 0 Å². The van der Waals surface area contributed by atoms with Crippen LogP contribution in [-0.2, 0) is 9.53 Å². The first-order valence-corrected chi connectivity index (χ1v) is 4.34. The zero-order valence-electron chi connectivity index (χ0n) is 8.03. The number of ether oxygens (including phenoxy) is 1. The van der Waals surface area contributed by atoms with Gasteiger partial charge in [-0.05, 0) is 31.6 Å². The molecule has 0 radical (unpaired) electrons. The molecule has 3 nitrogen and oxygen atoms in total. The molecule has 0 unspecified atom stereocenters. The number of allylic oxidation sites excluding steroid dienone is 1. The monoisotopic (exact) mass is 190 g/mol. The van der Waals surface area contributed by atoms with E-state index >= 15 is 0 Å². The molecule has 1 aliphatic rings. The van der Waals surface area contributed by atoms with Gasteiger partial charge in [0.15, 0.2) is 0 Å². The summed E-state index contributed by atoms with van der Waals surface area (Å²) in [6.45, 7) is 3.87. The maximum absolute atomic E-state index is 10.7. The Kier molecular flexibility index (Phi) is 2.00. The van der Waals surface area contributed by atoms with Crippen molar-refractivity contribution in [3.63, 3.8) is 0 Å². The van der Waals surface area contributed by atoms with Gasteiger partial charge in [-0.15, -0.1) is 0 Å². The van der Waals surface area contributed by atoms with Gasteiger partial charge >= 0.3 is 5.97 Å². The standard InChI is InChI=1S/C11H10O3/c1-7-5-10(13-8(7)2)6-9-3-4-11(12)14-9/h3-6H,1-2H3. The van der Waals surface area contributed by atoms with Crippen LogP contribution in [0, 0.1) is 13.8 Å². The molecule has 0 saturated heterocycles. The van der Waals surface area contributed by atoms with E-state index in [1.54, 1.807) is 12.2 Å². The van der Waals surface area contributed by atoms with E-state index < -0.39 is 0 Å². The first-order chi connectivity index (χ1) is 6.65. The van der Waals surface area contributed by atoms with Gasteiger partial charge in [0.25, 0.3) is 0 Å². The normalized spacial score (nSPS) is 17.9. The number of hydrogen-bond acceptors (Lipinski definition) is 3. The summed E-state index contributed by atoms with van der Waals surface area (Å²) in [6, 6.07) is 1.91. The van der Waals surface area contributed by atoms with Gasteiger partial charge in [-0.3, -0.25) is 0 Å². The van der Waals surface area contributed by atoms with E-state index in [1.165, 1.54) is 6.08 Å². The average molecular weight is 190 g/mol. The van der Waals surface area contributed by atoms with Gasteiger partial charge in [-0.1, -0.05) is 0 Å². The third-order valence-electron chi connectivity index (χ3n) is 2.07. The Bertz CT molecular complexity index is 416.